The molecule has 27 heavy (non-hydrogen) atoms. The maximum absolute atomic E-state index is 5.43. The molecule has 0 aliphatic carbocycles. The summed E-state index contributed by atoms with van der Waals surface area (Å²) in [4.78, 5) is 2.60. The number of nitrogens with zero attached hydrogens (tertiary/aromatic N) is 2. The van der Waals surface area contributed by atoms with Crippen LogP contribution >= 0.6 is 32.9 Å². The molecule has 0 saturated carbocycles. The van der Waals surface area contributed by atoms with Crippen LogP contribution in [0.2, 0.25) is 0 Å². The molecular formula is C21H41N2OPS2. The van der Waals surface area contributed by atoms with E-state index in [0.717, 1.165) is 32.3 Å². The van der Waals surface area contributed by atoms with E-state index in [2.05, 4.69) is 68.9 Å². The number of morpholine rings is 1. The summed E-state index contributed by atoms with van der Waals surface area (Å²) in [6.07, 6.45) is 9.77. The quantitative estimate of drug-likeness (QED) is 0.289. The molecule has 2 rings (SSSR count). The van der Waals surface area contributed by atoms with Gasteiger partial charge in [0.15, 0.2) is 0 Å². The number of thioether (sulfide) groups is 1. The van der Waals surface area contributed by atoms with Crippen molar-refractivity contribution in [2.45, 2.75) is 59.7 Å². The van der Waals surface area contributed by atoms with Gasteiger partial charge < -0.3 is 4.74 Å². The van der Waals surface area contributed by atoms with Crippen LogP contribution in [0.15, 0.2) is 33.9 Å². The van der Waals surface area contributed by atoms with Crippen LogP contribution in [-0.2, 0) is 4.74 Å². The molecule has 0 amide bonds. The van der Waals surface area contributed by atoms with Gasteiger partial charge in [-0.15, -0.1) is 9.24 Å². The number of hydrogen-bond acceptors (Lipinski definition) is 5. The highest BCUT2D eigenvalue weighted by Crippen LogP contribution is 2.35. The second-order valence-corrected chi connectivity index (χ2v) is 9.55. The Balaban J connectivity index is 0.000000722. The molecule has 0 bridgehead atoms. The van der Waals surface area contributed by atoms with Crippen LogP contribution < -0.4 is 0 Å². The summed E-state index contributed by atoms with van der Waals surface area (Å²) in [5.74, 6) is 0. The summed E-state index contributed by atoms with van der Waals surface area (Å²) in [7, 11) is 2.69. The minimum Gasteiger partial charge on any atom is -0.379 e. The van der Waals surface area contributed by atoms with E-state index in [1.165, 1.54) is 23.7 Å². The average molecular weight is 433 g/mol. The molecule has 2 aliphatic rings. The van der Waals surface area contributed by atoms with Crippen molar-refractivity contribution in [2.75, 3.05) is 39.4 Å². The Bertz CT molecular complexity index is 436. The first kappa shape index (κ1) is 27.2. The van der Waals surface area contributed by atoms with Crippen molar-refractivity contribution in [3.05, 3.63) is 33.9 Å². The molecule has 6 heteroatoms. The van der Waals surface area contributed by atoms with E-state index in [1.54, 1.807) is 0 Å². The molecule has 3 unspecified atom stereocenters. The Hall–Kier alpha value is 0.230. The smallest absolute Gasteiger partial charge is 0.0594 e. The van der Waals surface area contributed by atoms with Gasteiger partial charge in [-0.2, -0.15) is 0 Å². The fourth-order valence-electron chi connectivity index (χ4n) is 2.74. The minimum atomic E-state index is 0.634. The SMILES string of the molecule is C/C=C/S/C(=C\C)SN1CCC(N2CCOCC2)C1.C/C=C\C(C)P.CC. The molecule has 2 heterocycles. The molecule has 0 spiro atoms. The van der Waals surface area contributed by atoms with E-state index in [4.69, 9.17) is 4.74 Å². The predicted octanol–water partition coefficient (Wildman–Crippen LogP) is 6.02. The maximum Gasteiger partial charge on any atom is 0.0594 e. The first-order chi connectivity index (χ1) is 13.1. The molecule has 3 nitrogen and oxygen atoms in total. The highest BCUT2D eigenvalue weighted by atomic mass is 32.2. The molecule has 0 aromatic rings. The molecule has 0 N–H and O–H groups in total. The lowest BCUT2D eigenvalue weighted by atomic mass is 10.2. The summed E-state index contributed by atoms with van der Waals surface area (Å²) >= 11 is 3.72. The topological polar surface area (TPSA) is 15.7 Å². The minimum absolute atomic E-state index is 0.634. The maximum atomic E-state index is 5.43. The van der Waals surface area contributed by atoms with Gasteiger partial charge in [0.05, 0.1) is 17.5 Å². The Labute approximate surface area is 179 Å². The summed E-state index contributed by atoms with van der Waals surface area (Å²) in [6.45, 7) is 18.7. The van der Waals surface area contributed by atoms with Crippen LogP contribution in [0.25, 0.3) is 0 Å². The van der Waals surface area contributed by atoms with Crippen molar-refractivity contribution in [2.24, 2.45) is 0 Å². The van der Waals surface area contributed by atoms with Gasteiger partial charge in [-0.05, 0) is 50.2 Å². The van der Waals surface area contributed by atoms with E-state index in [1.807, 2.05) is 44.5 Å². The van der Waals surface area contributed by atoms with Crippen molar-refractivity contribution >= 4 is 32.9 Å². The Morgan fingerprint density at radius 1 is 1.11 bits per heavy atom. The van der Waals surface area contributed by atoms with Crippen LogP contribution in [0.1, 0.15) is 48.0 Å². The van der Waals surface area contributed by atoms with Gasteiger partial charge in [-0.25, -0.2) is 4.31 Å². The van der Waals surface area contributed by atoms with Crippen LogP contribution in [0.3, 0.4) is 0 Å². The van der Waals surface area contributed by atoms with Crippen LogP contribution in [0.4, 0.5) is 0 Å². The number of hydrogen-bond donors (Lipinski definition) is 0. The third kappa shape index (κ3) is 13.1. The second-order valence-electron chi connectivity index (χ2n) is 6.15. The average Bonchev–Trinajstić information content (AvgIpc) is 3.16. The fourth-order valence-corrected chi connectivity index (χ4v) is 4.83. The van der Waals surface area contributed by atoms with Gasteiger partial charge >= 0.3 is 0 Å². The molecule has 2 saturated heterocycles. The van der Waals surface area contributed by atoms with Gasteiger partial charge in [-0.3, -0.25) is 4.90 Å². The Kier molecular flexibility index (Phi) is 18.4. The summed E-state index contributed by atoms with van der Waals surface area (Å²) in [5, 5.41) is 2.15. The lowest BCUT2D eigenvalue weighted by Crippen LogP contribution is -2.44. The zero-order valence-electron chi connectivity index (χ0n) is 18.2. The zero-order chi connectivity index (χ0) is 20.5. The summed E-state index contributed by atoms with van der Waals surface area (Å²) in [6, 6.07) is 0.723. The lowest BCUT2D eigenvalue weighted by Gasteiger charge is -2.32. The third-order valence-corrected chi connectivity index (χ3v) is 6.58. The molecular weight excluding hydrogens is 391 g/mol. The van der Waals surface area contributed by atoms with Crippen molar-refractivity contribution in [1.82, 2.24) is 9.21 Å². The highest BCUT2D eigenvalue weighted by Gasteiger charge is 2.29. The predicted molar refractivity (Wildman–Crippen MR) is 131 cm³/mol. The van der Waals surface area contributed by atoms with E-state index in [0.29, 0.717) is 5.66 Å². The zero-order valence-corrected chi connectivity index (χ0v) is 21.0. The first-order valence-corrected chi connectivity index (χ1v) is 12.5. The molecule has 2 aliphatic heterocycles. The lowest BCUT2D eigenvalue weighted by molar-refractivity contribution is 0.0198. The van der Waals surface area contributed by atoms with Gasteiger partial charge in [0.1, 0.15) is 0 Å². The van der Waals surface area contributed by atoms with E-state index < -0.39 is 0 Å². The van der Waals surface area contributed by atoms with Gasteiger partial charge in [0.25, 0.3) is 0 Å². The largest absolute Gasteiger partial charge is 0.379 e. The van der Waals surface area contributed by atoms with Gasteiger partial charge in [-0.1, -0.05) is 56.8 Å². The molecule has 0 aromatic heterocycles. The van der Waals surface area contributed by atoms with Crippen molar-refractivity contribution in [3.63, 3.8) is 0 Å². The molecule has 158 valence electrons. The van der Waals surface area contributed by atoms with Crippen LogP contribution in [-0.4, -0.2) is 60.3 Å². The molecule has 2 fully saturated rings. The third-order valence-electron chi connectivity index (χ3n) is 3.96. The van der Waals surface area contributed by atoms with Crippen molar-refractivity contribution in [1.29, 1.82) is 0 Å². The van der Waals surface area contributed by atoms with E-state index in [9.17, 15) is 0 Å². The monoisotopic (exact) mass is 432 g/mol. The van der Waals surface area contributed by atoms with E-state index >= 15 is 0 Å². The Morgan fingerprint density at radius 2 is 1.78 bits per heavy atom. The van der Waals surface area contributed by atoms with Crippen LogP contribution in [0, 0.1) is 0 Å². The standard InChI is InChI=1S/C14H24N2OS2.C5H11P.C2H6/c1-3-11-18-14(4-2)19-16-6-5-13(12-16)15-7-9-17-10-8-15;1-3-4-5(2)6;1-2/h3-4,11,13H,5-10,12H2,1-2H3;3-5H,6H2,1-2H3;1-2H3/b11-3+,14-4+;4-3-;. The molecule has 0 aromatic carbocycles. The Morgan fingerprint density at radius 3 is 2.26 bits per heavy atom. The van der Waals surface area contributed by atoms with Gasteiger partial charge in [0.2, 0.25) is 0 Å². The number of rotatable bonds is 6. The van der Waals surface area contributed by atoms with Crippen molar-refractivity contribution in [3.8, 4) is 0 Å². The fraction of sp³-hybridized carbons (Fsp3) is 0.714. The highest BCUT2D eigenvalue weighted by molar-refractivity contribution is 8.22. The van der Waals surface area contributed by atoms with Crippen molar-refractivity contribution < 1.29 is 4.74 Å². The summed E-state index contributed by atoms with van der Waals surface area (Å²) in [5.41, 5.74) is 0.634. The van der Waals surface area contributed by atoms with Crippen LogP contribution in [0.5, 0.6) is 0 Å². The van der Waals surface area contributed by atoms with Gasteiger partial charge in [0, 0.05) is 32.2 Å². The molecule has 0 radical (unpaired) electrons. The number of ether oxygens (including phenoxy) is 1. The summed E-state index contributed by atoms with van der Waals surface area (Å²) < 4.78 is 9.31. The van der Waals surface area contributed by atoms with E-state index in [-0.39, 0.29) is 0 Å². The number of allylic oxidation sites excluding steroid dienone is 4. The second kappa shape index (κ2) is 18.3. The first-order valence-electron chi connectivity index (χ1n) is 10.2. The molecule has 3 atom stereocenters. The normalized spacial score (nSPS) is 23.1.